The summed E-state index contributed by atoms with van der Waals surface area (Å²) in [6, 6.07) is 16.9. The SMILES string of the molecule is CC(=O)OC(C(=O)NCc1ccc(C)cc1)c1ccccc1. The first-order valence-corrected chi connectivity index (χ1v) is 7.11. The number of nitrogens with one attached hydrogen (secondary N) is 1. The van der Waals surface area contributed by atoms with Gasteiger partial charge in [-0.05, 0) is 12.5 Å². The van der Waals surface area contributed by atoms with Gasteiger partial charge in [-0.15, -0.1) is 0 Å². The highest BCUT2D eigenvalue weighted by Gasteiger charge is 2.23. The van der Waals surface area contributed by atoms with Crippen molar-refractivity contribution in [2.24, 2.45) is 0 Å². The zero-order valence-electron chi connectivity index (χ0n) is 12.7. The lowest BCUT2D eigenvalue weighted by Gasteiger charge is -2.17. The van der Waals surface area contributed by atoms with E-state index in [2.05, 4.69) is 5.32 Å². The minimum atomic E-state index is -0.927. The van der Waals surface area contributed by atoms with E-state index in [1.165, 1.54) is 6.92 Å². The molecule has 0 aliphatic carbocycles. The third-order valence-electron chi connectivity index (χ3n) is 3.21. The fourth-order valence-electron chi connectivity index (χ4n) is 2.05. The van der Waals surface area contributed by atoms with E-state index in [9.17, 15) is 9.59 Å². The highest BCUT2D eigenvalue weighted by Crippen LogP contribution is 2.18. The summed E-state index contributed by atoms with van der Waals surface area (Å²) in [7, 11) is 0. The number of benzene rings is 2. The van der Waals surface area contributed by atoms with E-state index >= 15 is 0 Å². The van der Waals surface area contributed by atoms with Gasteiger partial charge < -0.3 is 10.1 Å². The number of hydrogen-bond acceptors (Lipinski definition) is 3. The number of hydrogen-bond donors (Lipinski definition) is 1. The van der Waals surface area contributed by atoms with Crippen molar-refractivity contribution < 1.29 is 14.3 Å². The van der Waals surface area contributed by atoms with E-state index in [4.69, 9.17) is 4.74 Å². The standard InChI is InChI=1S/C18H19NO3/c1-13-8-10-15(11-9-13)12-19-18(21)17(22-14(2)20)16-6-4-3-5-7-16/h3-11,17H,12H2,1-2H3,(H,19,21). The third kappa shape index (κ3) is 4.45. The van der Waals surface area contributed by atoms with E-state index in [1.807, 2.05) is 37.3 Å². The van der Waals surface area contributed by atoms with Crippen LogP contribution in [-0.4, -0.2) is 11.9 Å². The summed E-state index contributed by atoms with van der Waals surface area (Å²) >= 11 is 0. The molecule has 2 rings (SSSR count). The summed E-state index contributed by atoms with van der Waals surface area (Å²) in [4.78, 5) is 23.6. The van der Waals surface area contributed by atoms with Crippen LogP contribution < -0.4 is 5.32 Å². The van der Waals surface area contributed by atoms with Crippen molar-refractivity contribution in [3.8, 4) is 0 Å². The molecule has 2 aromatic rings. The van der Waals surface area contributed by atoms with Crippen molar-refractivity contribution in [1.29, 1.82) is 0 Å². The average Bonchev–Trinajstić information content (AvgIpc) is 2.52. The second-order valence-electron chi connectivity index (χ2n) is 5.10. The molecule has 0 aliphatic rings. The molecule has 0 fully saturated rings. The second kappa shape index (κ2) is 7.41. The number of rotatable bonds is 5. The van der Waals surface area contributed by atoms with Crippen LogP contribution in [-0.2, 0) is 20.9 Å². The summed E-state index contributed by atoms with van der Waals surface area (Å²) < 4.78 is 5.15. The Morgan fingerprint density at radius 3 is 2.27 bits per heavy atom. The highest BCUT2D eigenvalue weighted by atomic mass is 16.5. The van der Waals surface area contributed by atoms with Crippen molar-refractivity contribution in [2.75, 3.05) is 0 Å². The van der Waals surface area contributed by atoms with Crippen LogP contribution in [0.1, 0.15) is 29.7 Å². The zero-order valence-corrected chi connectivity index (χ0v) is 12.7. The lowest BCUT2D eigenvalue weighted by molar-refractivity contribution is -0.154. The molecule has 0 saturated heterocycles. The molecule has 0 aliphatic heterocycles. The van der Waals surface area contributed by atoms with E-state index in [0.717, 1.165) is 11.1 Å². The van der Waals surface area contributed by atoms with Gasteiger partial charge in [-0.2, -0.15) is 0 Å². The van der Waals surface area contributed by atoms with Crippen LogP contribution in [0.3, 0.4) is 0 Å². The molecule has 0 saturated carbocycles. The van der Waals surface area contributed by atoms with Gasteiger partial charge in [0.1, 0.15) is 0 Å². The first kappa shape index (κ1) is 15.8. The molecule has 4 heteroatoms. The van der Waals surface area contributed by atoms with Crippen LogP contribution in [0.25, 0.3) is 0 Å². The predicted molar refractivity (Wildman–Crippen MR) is 84.0 cm³/mol. The maximum atomic E-state index is 12.3. The summed E-state index contributed by atoms with van der Waals surface area (Å²) in [5.74, 6) is -0.818. The molecule has 114 valence electrons. The first-order valence-electron chi connectivity index (χ1n) is 7.11. The topological polar surface area (TPSA) is 55.4 Å². The van der Waals surface area contributed by atoms with Gasteiger partial charge in [0.15, 0.2) is 0 Å². The lowest BCUT2D eigenvalue weighted by atomic mass is 10.1. The molecule has 0 bridgehead atoms. The molecule has 2 aromatic carbocycles. The summed E-state index contributed by atoms with van der Waals surface area (Å²) in [6.07, 6.45) is -0.927. The van der Waals surface area contributed by atoms with E-state index in [1.54, 1.807) is 24.3 Å². The molecule has 1 unspecified atom stereocenters. The molecule has 1 atom stereocenters. The Kier molecular flexibility index (Phi) is 5.31. The molecule has 0 aromatic heterocycles. The van der Waals surface area contributed by atoms with Crippen molar-refractivity contribution in [3.05, 3.63) is 71.3 Å². The fourth-order valence-corrected chi connectivity index (χ4v) is 2.05. The summed E-state index contributed by atoms with van der Waals surface area (Å²) in [5, 5.41) is 2.81. The second-order valence-corrected chi connectivity index (χ2v) is 5.10. The Hall–Kier alpha value is -2.62. The number of aryl methyl sites for hydroxylation is 1. The number of carbonyl (C=O) groups is 2. The van der Waals surface area contributed by atoms with Gasteiger partial charge in [0, 0.05) is 19.0 Å². The molecular formula is C18H19NO3. The summed E-state index contributed by atoms with van der Waals surface area (Å²) in [6.45, 7) is 3.70. The van der Waals surface area contributed by atoms with Crippen LogP contribution in [0.15, 0.2) is 54.6 Å². The van der Waals surface area contributed by atoms with Gasteiger partial charge in [-0.3, -0.25) is 9.59 Å². The van der Waals surface area contributed by atoms with Gasteiger partial charge in [0.25, 0.3) is 5.91 Å². The minimum absolute atomic E-state index is 0.332. The van der Waals surface area contributed by atoms with Crippen molar-refractivity contribution >= 4 is 11.9 Å². The molecule has 22 heavy (non-hydrogen) atoms. The van der Waals surface area contributed by atoms with E-state index in [0.29, 0.717) is 12.1 Å². The van der Waals surface area contributed by atoms with Gasteiger partial charge in [0.2, 0.25) is 6.10 Å². The molecule has 1 amide bonds. The largest absolute Gasteiger partial charge is 0.447 e. The monoisotopic (exact) mass is 297 g/mol. The quantitative estimate of drug-likeness (QED) is 0.863. The molecule has 0 spiro atoms. The van der Waals surface area contributed by atoms with Crippen molar-refractivity contribution in [3.63, 3.8) is 0 Å². The molecule has 1 N–H and O–H groups in total. The Morgan fingerprint density at radius 1 is 1.05 bits per heavy atom. The Labute approximate surface area is 130 Å². The third-order valence-corrected chi connectivity index (χ3v) is 3.21. The maximum absolute atomic E-state index is 12.3. The molecule has 0 radical (unpaired) electrons. The maximum Gasteiger partial charge on any atom is 0.303 e. The number of carbonyl (C=O) groups excluding carboxylic acids is 2. The van der Waals surface area contributed by atoms with Crippen molar-refractivity contribution in [2.45, 2.75) is 26.5 Å². The van der Waals surface area contributed by atoms with Gasteiger partial charge in [-0.1, -0.05) is 60.2 Å². The van der Waals surface area contributed by atoms with Crippen LogP contribution in [0.2, 0.25) is 0 Å². The normalized spacial score (nSPS) is 11.5. The Balaban J connectivity index is 2.05. The first-order chi connectivity index (χ1) is 10.6. The number of ether oxygens (including phenoxy) is 1. The molecular weight excluding hydrogens is 278 g/mol. The van der Waals surface area contributed by atoms with Crippen LogP contribution in [0.5, 0.6) is 0 Å². The van der Waals surface area contributed by atoms with Gasteiger partial charge >= 0.3 is 5.97 Å². The van der Waals surface area contributed by atoms with Crippen molar-refractivity contribution in [1.82, 2.24) is 5.32 Å². The average molecular weight is 297 g/mol. The van der Waals surface area contributed by atoms with Gasteiger partial charge in [-0.25, -0.2) is 0 Å². The molecule has 4 nitrogen and oxygen atoms in total. The predicted octanol–water partition coefficient (Wildman–Crippen LogP) is 2.92. The molecule has 0 heterocycles. The van der Waals surface area contributed by atoms with Crippen LogP contribution in [0, 0.1) is 6.92 Å². The Bertz CT molecular complexity index is 635. The Morgan fingerprint density at radius 2 is 1.68 bits per heavy atom. The van der Waals surface area contributed by atoms with E-state index in [-0.39, 0.29) is 5.91 Å². The van der Waals surface area contributed by atoms with Crippen LogP contribution >= 0.6 is 0 Å². The minimum Gasteiger partial charge on any atom is -0.447 e. The smallest absolute Gasteiger partial charge is 0.303 e. The highest BCUT2D eigenvalue weighted by molar-refractivity contribution is 5.84. The number of amides is 1. The lowest BCUT2D eigenvalue weighted by Crippen LogP contribution is -2.31. The zero-order chi connectivity index (χ0) is 15.9. The number of esters is 1. The van der Waals surface area contributed by atoms with Gasteiger partial charge in [0.05, 0.1) is 0 Å². The van der Waals surface area contributed by atoms with E-state index < -0.39 is 12.1 Å². The van der Waals surface area contributed by atoms with Crippen LogP contribution in [0.4, 0.5) is 0 Å². The fraction of sp³-hybridized carbons (Fsp3) is 0.222. The summed E-state index contributed by atoms with van der Waals surface area (Å²) in [5.41, 5.74) is 2.81.